The lowest BCUT2D eigenvalue weighted by Gasteiger charge is -2.14. The van der Waals surface area contributed by atoms with Gasteiger partial charge in [-0.25, -0.2) is 0 Å². The molecule has 1 aromatic rings. The highest BCUT2D eigenvalue weighted by Gasteiger charge is 2.16. The van der Waals surface area contributed by atoms with E-state index >= 15 is 0 Å². The Labute approximate surface area is 82.9 Å². The first kappa shape index (κ1) is 9.43. The molecule has 0 radical (unpaired) electrons. The lowest BCUT2D eigenvalue weighted by Crippen LogP contribution is -2.19. The Balaban J connectivity index is 2.07. The number of pyridine rings is 1. The third-order valence-corrected chi connectivity index (χ3v) is 2.37. The van der Waals surface area contributed by atoms with Crippen molar-refractivity contribution in [2.24, 2.45) is 0 Å². The monoisotopic (exact) mass is 194 g/mol. The minimum absolute atomic E-state index is 0.0401. The number of aromatic nitrogens is 1. The molecule has 1 aromatic heterocycles. The summed E-state index contributed by atoms with van der Waals surface area (Å²) in [5, 5.41) is 12.4. The molecule has 1 saturated heterocycles. The number of hydrogen-bond acceptors (Lipinski definition) is 4. The van der Waals surface area contributed by atoms with Gasteiger partial charge in [-0.1, -0.05) is 0 Å². The molecule has 76 valence electrons. The Morgan fingerprint density at radius 2 is 2.57 bits per heavy atom. The molecule has 0 saturated carbocycles. The summed E-state index contributed by atoms with van der Waals surface area (Å²) in [7, 11) is 0. The zero-order chi connectivity index (χ0) is 9.80. The van der Waals surface area contributed by atoms with Crippen LogP contribution in [0.4, 0.5) is 5.69 Å². The van der Waals surface area contributed by atoms with E-state index < -0.39 is 0 Å². The van der Waals surface area contributed by atoms with Gasteiger partial charge in [0, 0.05) is 18.4 Å². The van der Waals surface area contributed by atoms with E-state index in [1.165, 1.54) is 0 Å². The summed E-state index contributed by atoms with van der Waals surface area (Å²) in [6.07, 6.45) is 4.44. The SMILES string of the molecule is OCc1ccncc1NC1CCOC1. The van der Waals surface area contributed by atoms with Crippen LogP contribution in [0, 0.1) is 0 Å². The highest BCUT2D eigenvalue weighted by atomic mass is 16.5. The van der Waals surface area contributed by atoms with E-state index in [0.29, 0.717) is 6.04 Å². The van der Waals surface area contributed by atoms with Crippen LogP contribution in [0.15, 0.2) is 18.5 Å². The highest BCUT2D eigenvalue weighted by Crippen LogP contribution is 2.17. The molecule has 0 spiro atoms. The third-order valence-electron chi connectivity index (χ3n) is 2.37. The van der Waals surface area contributed by atoms with Gasteiger partial charge in [0.1, 0.15) is 0 Å². The number of hydrogen-bond donors (Lipinski definition) is 2. The van der Waals surface area contributed by atoms with Crippen molar-refractivity contribution in [3.8, 4) is 0 Å². The van der Waals surface area contributed by atoms with Crippen molar-refractivity contribution >= 4 is 5.69 Å². The second-order valence-corrected chi connectivity index (χ2v) is 3.40. The number of nitrogens with zero attached hydrogens (tertiary/aromatic N) is 1. The highest BCUT2D eigenvalue weighted by molar-refractivity contribution is 5.49. The normalized spacial score (nSPS) is 21.1. The molecule has 1 unspecified atom stereocenters. The average molecular weight is 194 g/mol. The van der Waals surface area contributed by atoms with Crippen molar-refractivity contribution in [2.45, 2.75) is 19.1 Å². The number of nitrogens with one attached hydrogen (secondary N) is 1. The van der Waals surface area contributed by atoms with Crippen LogP contribution in [0.2, 0.25) is 0 Å². The summed E-state index contributed by atoms with van der Waals surface area (Å²) in [4.78, 5) is 4.02. The Morgan fingerprint density at radius 3 is 3.29 bits per heavy atom. The van der Waals surface area contributed by atoms with Crippen LogP contribution in [0.5, 0.6) is 0 Å². The van der Waals surface area contributed by atoms with Crippen molar-refractivity contribution in [3.63, 3.8) is 0 Å². The zero-order valence-corrected chi connectivity index (χ0v) is 7.94. The quantitative estimate of drug-likeness (QED) is 0.746. The number of aliphatic hydroxyl groups excluding tert-OH is 1. The predicted octanol–water partition coefficient (Wildman–Crippen LogP) is 0.775. The Bertz CT molecular complexity index is 298. The minimum Gasteiger partial charge on any atom is -0.392 e. The van der Waals surface area contributed by atoms with Gasteiger partial charge >= 0.3 is 0 Å². The van der Waals surface area contributed by atoms with E-state index in [1.54, 1.807) is 12.4 Å². The molecule has 2 rings (SSSR count). The molecule has 1 aliphatic rings. The maximum Gasteiger partial charge on any atom is 0.0703 e. The standard InChI is InChI=1S/C10H14N2O2/c13-6-8-1-3-11-5-10(8)12-9-2-4-14-7-9/h1,3,5,9,12-13H,2,4,6-7H2. The van der Waals surface area contributed by atoms with Gasteiger partial charge < -0.3 is 15.2 Å². The second-order valence-electron chi connectivity index (χ2n) is 3.40. The Morgan fingerprint density at radius 1 is 1.64 bits per heavy atom. The van der Waals surface area contributed by atoms with Gasteiger partial charge in [0.05, 0.1) is 31.1 Å². The molecule has 0 aliphatic carbocycles. The molecular formula is C10H14N2O2. The van der Waals surface area contributed by atoms with E-state index in [0.717, 1.165) is 30.9 Å². The molecular weight excluding hydrogens is 180 g/mol. The zero-order valence-electron chi connectivity index (χ0n) is 7.94. The fourth-order valence-corrected chi connectivity index (χ4v) is 1.56. The van der Waals surface area contributed by atoms with Gasteiger partial charge in [-0.3, -0.25) is 4.98 Å². The average Bonchev–Trinajstić information content (AvgIpc) is 2.71. The first-order valence-corrected chi connectivity index (χ1v) is 4.78. The fourth-order valence-electron chi connectivity index (χ4n) is 1.56. The maximum atomic E-state index is 9.09. The van der Waals surface area contributed by atoms with Crippen molar-refractivity contribution in [1.29, 1.82) is 0 Å². The summed E-state index contributed by atoms with van der Waals surface area (Å²) in [5.41, 5.74) is 1.79. The minimum atomic E-state index is 0.0401. The van der Waals surface area contributed by atoms with E-state index in [-0.39, 0.29) is 6.61 Å². The van der Waals surface area contributed by atoms with E-state index in [2.05, 4.69) is 10.3 Å². The summed E-state index contributed by atoms with van der Waals surface area (Å²) in [6, 6.07) is 2.17. The van der Waals surface area contributed by atoms with Gasteiger partial charge in [0.15, 0.2) is 0 Å². The largest absolute Gasteiger partial charge is 0.392 e. The Hall–Kier alpha value is -1.13. The molecule has 0 amide bonds. The first-order chi connectivity index (χ1) is 6.90. The second kappa shape index (κ2) is 4.39. The van der Waals surface area contributed by atoms with Crippen LogP contribution in [-0.2, 0) is 11.3 Å². The summed E-state index contributed by atoms with van der Waals surface area (Å²) in [6.45, 7) is 1.59. The molecule has 2 heterocycles. The van der Waals surface area contributed by atoms with E-state index in [9.17, 15) is 0 Å². The first-order valence-electron chi connectivity index (χ1n) is 4.78. The fraction of sp³-hybridized carbons (Fsp3) is 0.500. The van der Waals surface area contributed by atoms with Crippen molar-refractivity contribution in [2.75, 3.05) is 18.5 Å². The van der Waals surface area contributed by atoms with E-state index in [4.69, 9.17) is 9.84 Å². The summed E-state index contributed by atoms with van der Waals surface area (Å²) in [5.74, 6) is 0. The Kier molecular flexibility index (Phi) is 2.96. The van der Waals surface area contributed by atoms with Gasteiger partial charge in [0.2, 0.25) is 0 Å². The van der Waals surface area contributed by atoms with E-state index in [1.807, 2.05) is 6.07 Å². The molecule has 4 heteroatoms. The van der Waals surface area contributed by atoms with Gasteiger partial charge in [-0.05, 0) is 12.5 Å². The van der Waals surface area contributed by atoms with Gasteiger partial charge in [0.25, 0.3) is 0 Å². The van der Waals surface area contributed by atoms with Crippen molar-refractivity contribution in [1.82, 2.24) is 4.98 Å². The van der Waals surface area contributed by atoms with Crippen molar-refractivity contribution < 1.29 is 9.84 Å². The third kappa shape index (κ3) is 2.02. The number of aliphatic hydroxyl groups is 1. The summed E-state index contributed by atoms with van der Waals surface area (Å²) < 4.78 is 5.26. The van der Waals surface area contributed by atoms with Crippen LogP contribution in [0.3, 0.4) is 0 Å². The molecule has 1 aliphatic heterocycles. The molecule has 4 nitrogen and oxygen atoms in total. The van der Waals surface area contributed by atoms with Crippen molar-refractivity contribution in [3.05, 3.63) is 24.0 Å². The van der Waals surface area contributed by atoms with Gasteiger partial charge in [-0.15, -0.1) is 0 Å². The van der Waals surface area contributed by atoms with Crippen LogP contribution >= 0.6 is 0 Å². The molecule has 1 fully saturated rings. The topological polar surface area (TPSA) is 54.4 Å². The van der Waals surface area contributed by atoms with Gasteiger partial charge in [-0.2, -0.15) is 0 Å². The smallest absolute Gasteiger partial charge is 0.0703 e. The maximum absolute atomic E-state index is 9.09. The van der Waals surface area contributed by atoms with Crippen LogP contribution in [-0.4, -0.2) is 29.3 Å². The van der Waals surface area contributed by atoms with Crippen LogP contribution in [0.25, 0.3) is 0 Å². The predicted molar refractivity (Wildman–Crippen MR) is 53.0 cm³/mol. The summed E-state index contributed by atoms with van der Waals surface area (Å²) >= 11 is 0. The molecule has 2 N–H and O–H groups in total. The molecule has 0 aromatic carbocycles. The van der Waals surface area contributed by atoms with Crippen LogP contribution in [0.1, 0.15) is 12.0 Å². The number of rotatable bonds is 3. The lowest BCUT2D eigenvalue weighted by molar-refractivity contribution is 0.195. The lowest BCUT2D eigenvalue weighted by atomic mass is 10.2. The number of ether oxygens (including phenoxy) is 1. The van der Waals surface area contributed by atoms with Crippen LogP contribution < -0.4 is 5.32 Å². The molecule has 1 atom stereocenters. The number of anilines is 1. The molecule has 0 bridgehead atoms. The molecule has 14 heavy (non-hydrogen) atoms.